The number of hydrogen-bond donors (Lipinski definition) is 1. The van der Waals surface area contributed by atoms with E-state index in [1.807, 2.05) is 24.3 Å². The molecular formula is C12H20N2O. The third kappa shape index (κ3) is 3.90. The zero-order chi connectivity index (χ0) is 11.3. The molecule has 0 radical (unpaired) electrons. The van der Waals surface area contributed by atoms with Crippen molar-refractivity contribution in [3.8, 4) is 0 Å². The van der Waals surface area contributed by atoms with Crippen molar-refractivity contribution < 1.29 is 5.11 Å². The lowest BCUT2D eigenvalue weighted by Gasteiger charge is -2.21. The van der Waals surface area contributed by atoms with Crippen molar-refractivity contribution in [2.24, 2.45) is 0 Å². The van der Waals surface area contributed by atoms with Crippen LogP contribution in [0, 0.1) is 0 Å². The summed E-state index contributed by atoms with van der Waals surface area (Å²) >= 11 is 0. The van der Waals surface area contributed by atoms with Crippen molar-refractivity contribution in [2.75, 3.05) is 39.1 Å². The fourth-order valence-electron chi connectivity index (χ4n) is 1.33. The van der Waals surface area contributed by atoms with Gasteiger partial charge in [-0.05, 0) is 31.8 Å². The summed E-state index contributed by atoms with van der Waals surface area (Å²) < 4.78 is 0. The number of benzene rings is 1. The lowest BCUT2D eigenvalue weighted by molar-refractivity contribution is 0.282. The van der Waals surface area contributed by atoms with Crippen LogP contribution in [0.4, 0.5) is 5.69 Å². The van der Waals surface area contributed by atoms with Crippen molar-refractivity contribution in [2.45, 2.75) is 6.61 Å². The van der Waals surface area contributed by atoms with E-state index in [0.717, 1.165) is 18.7 Å². The number of hydrogen-bond acceptors (Lipinski definition) is 3. The molecule has 0 bridgehead atoms. The molecule has 1 aromatic carbocycles. The molecule has 15 heavy (non-hydrogen) atoms. The van der Waals surface area contributed by atoms with E-state index in [-0.39, 0.29) is 6.61 Å². The number of aliphatic hydroxyl groups is 1. The lowest BCUT2D eigenvalue weighted by atomic mass is 10.2. The average Bonchev–Trinajstić information content (AvgIpc) is 2.26. The second kappa shape index (κ2) is 5.73. The first-order valence-corrected chi connectivity index (χ1v) is 5.19. The average molecular weight is 208 g/mol. The van der Waals surface area contributed by atoms with Crippen LogP contribution in [0.1, 0.15) is 5.56 Å². The van der Waals surface area contributed by atoms with Gasteiger partial charge >= 0.3 is 0 Å². The summed E-state index contributed by atoms with van der Waals surface area (Å²) in [6, 6.07) is 8.01. The summed E-state index contributed by atoms with van der Waals surface area (Å²) in [5.74, 6) is 0. The van der Waals surface area contributed by atoms with E-state index >= 15 is 0 Å². The molecule has 0 atom stereocenters. The number of rotatable bonds is 5. The van der Waals surface area contributed by atoms with Gasteiger partial charge in [-0.2, -0.15) is 0 Å². The van der Waals surface area contributed by atoms with Gasteiger partial charge in [0.1, 0.15) is 0 Å². The molecule has 1 N–H and O–H groups in total. The molecule has 3 heteroatoms. The van der Waals surface area contributed by atoms with Gasteiger partial charge in [-0.25, -0.2) is 0 Å². The Labute approximate surface area is 91.9 Å². The van der Waals surface area contributed by atoms with Crippen molar-refractivity contribution >= 4 is 5.69 Å². The summed E-state index contributed by atoms with van der Waals surface area (Å²) in [5.41, 5.74) is 2.15. The van der Waals surface area contributed by atoms with Gasteiger partial charge in [-0.3, -0.25) is 0 Å². The Morgan fingerprint density at radius 1 is 1.00 bits per heavy atom. The van der Waals surface area contributed by atoms with Crippen LogP contribution in [-0.2, 0) is 6.61 Å². The van der Waals surface area contributed by atoms with E-state index in [2.05, 4.69) is 30.9 Å². The Morgan fingerprint density at radius 2 is 1.60 bits per heavy atom. The van der Waals surface area contributed by atoms with E-state index in [9.17, 15) is 0 Å². The topological polar surface area (TPSA) is 26.7 Å². The first-order valence-electron chi connectivity index (χ1n) is 5.19. The van der Waals surface area contributed by atoms with Gasteiger partial charge in [-0.1, -0.05) is 12.1 Å². The maximum atomic E-state index is 8.92. The summed E-state index contributed by atoms with van der Waals surface area (Å²) in [7, 11) is 6.23. The summed E-state index contributed by atoms with van der Waals surface area (Å²) in [6.45, 7) is 2.16. The monoisotopic (exact) mass is 208 g/mol. The molecule has 0 fully saturated rings. The standard InChI is InChI=1S/C12H20N2O/c1-13(2)8-9-14(3)12-6-4-11(10-15)5-7-12/h4-7,15H,8-10H2,1-3H3. The second-order valence-electron chi connectivity index (χ2n) is 4.05. The molecule has 0 saturated carbocycles. The molecule has 1 aromatic rings. The normalized spacial score (nSPS) is 10.7. The van der Waals surface area contributed by atoms with Gasteiger partial charge in [-0.15, -0.1) is 0 Å². The van der Waals surface area contributed by atoms with Crippen LogP contribution in [0.5, 0.6) is 0 Å². The zero-order valence-electron chi connectivity index (χ0n) is 9.77. The van der Waals surface area contributed by atoms with Crippen LogP contribution in [0.2, 0.25) is 0 Å². The Hall–Kier alpha value is -1.06. The summed E-state index contributed by atoms with van der Waals surface area (Å²) in [5, 5.41) is 8.92. The molecule has 3 nitrogen and oxygen atoms in total. The van der Waals surface area contributed by atoms with Gasteiger partial charge in [0.25, 0.3) is 0 Å². The molecular weight excluding hydrogens is 188 g/mol. The van der Waals surface area contributed by atoms with Crippen LogP contribution in [0.3, 0.4) is 0 Å². The predicted molar refractivity (Wildman–Crippen MR) is 64.2 cm³/mol. The van der Waals surface area contributed by atoms with Crippen LogP contribution >= 0.6 is 0 Å². The Balaban J connectivity index is 2.54. The molecule has 0 amide bonds. The molecule has 0 unspecified atom stereocenters. The largest absolute Gasteiger partial charge is 0.392 e. The van der Waals surface area contributed by atoms with Crippen LogP contribution < -0.4 is 4.90 Å². The molecule has 0 aliphatic heterocycles. The van der Waals surface area contributed by atoms with E-state index in [0.29, 0.717) is 0 Å². The molecule has 84 valence electrons. The van der Waals surface area contributed by atoms with E-state index in [4.69, 9.17) is 5.11 Å². The summed E-state index contributed by atoms with van der Waals surface area (Å²) in [4.78, 5) is 4.37. The smallest absolute Gasteiger partial charge is 0.0681 e. The van der Waals surface area contributed by atoms with Crippen molar-refractivity contribution in [1.29, 1.82) is 0 Å². The highest BCUT2D eigenvalue weighted by molar-refractivity contribution is 5.46. The maximum absolute atomic E-state index is 8.92. The molecule has 0 aliphatic rings. The van der Waals surface area contributed by atoms with Crippen LogP contribution in [0.15, 0.2) is 24.3 Å². The SMILES string of the molecule is CN(C)CCN(C)c1ccc(CO)cc1. The number of anilines is 1. The van der Waals surface area contributed by atoms with Crippen molar-refractivity contribution in [3.05, 3.63) is 29.8 Å². The number of nitrogens with zero attached hydrogens (tertiary/aromatic N) is 2. The minimum Gasteiger partial charge on any atom is -0.392 e. The summed E-state index contributed by atoms with van der Waals surface area (Å²) in [6.07, 6.45) is 0. The van der Waals surface area contributed by atoms with E-state index in [1.165, 1.54) is 5.69 Å². The third-order valence-corrected chi connectivity index (χ3v) is 2.44. The first-order chi connectivity index (χ1) is 7.13. The minimum absolute atomic E-state index is 0.113. The van der Waals surface area contributed by atoms with Gasteiger partial charge < -0.3 is 14.9 Å². The van der Waals surface area contributed by atoms with Crippen LogP contribution in [-0.4, -0.2) is 44.2 Å². The zero-order valence-corrected chi connectivity index (χ0v) is 9.77. The van der Waals surface area contributed by atoms with Crippen LogP contribution in [0.25, 0.3) is 0 Å². The maximum Gasteiger partial charge on any atom is 0.0681 e. The quantitative estimate of drug-likeness (QED) is 0.787. The third-order valence-electron chi connectivity index (χ3n) is 2.44. The molecule has 0 saturated heterocycles. The van der Waals surface area contributed by atoms with Gasteiger partial charge in [0.05, 0.1) is 6.61 Å². The number of aliphatic hydroxyl groups excluding tert-OH is 1. The fraction of sp³-hybridized carbons (Fsp3) is 0.500. The molecule has 0 aliphatic carbocycles. The Morgan fingerprint density at radius 3 is 2.07 bits per heavy atom. The minimum atomic E-state index is 0.113. The fourth-order valence-corrected chi connectivity index (χ4v) is 1.33. The van der Waals surface area contributed by atoms with E-state index in [1.54, 1.807) is 0 Å². The van der Waals surface area contributed by atoms with Gasteiger partial charge in [0, 0.05) is 25.8 Å². The number of likely N-dealkylation sites (N-methyl/N-ethyl adjacent to an activating group) is 2. The highest BCUT2D eigenvalue weighted by Gasteiger charge is 2.00. The highest BCUT2D eigenvalue weighted by Crippen LogP contribution is 2.13. The Bertz CT molecular complexity index is 282. The Kier molecular flexibility index (Phi) is 4.59. The molecule has 1 rings (SSSR count). The molecule has 0 heterocycles. The lowest BCUT2D eigenvalue weighted by Crippen LogP contribution is -2.28. The van der Waals surface area contributed by atoms with Crippen molar-refractivity contribution in [3.63, 3.8) is 0 Å². The van der Waals surface area contributed by atoms with E-state index < -0.39 is 0 Å². The highest BCUT2D eigenvalue weighted by atomic mass is 16.3. The van der Waals surface area contributed by atoms with Crippen molar-refractivity contribution in [1.82, 2.24) is 4.90 Å². The first kappa shape index (κ1) is 12.0. The van der Waals surface area contributed by atoms with Gasteiger partial charge in [0.2, 0.25) is 0 Å². The van der Waals surface area contributed by atoms with Gasteiger partial charge in [0.15, 0.2) is 0 Å². The predicted octanol–water partition coefficient (Wildman–Crippen LogP) is 1.18. The molecule has 0 spiro atoms. The molecule has 0 aromatic heterocycles. The second-order valence-corrected chi connectivity index (χ2v) is 4.05.